The standard InChI is InChI=1S/C16H22N2O2/c1-14(16(19)20)7-8-17-9-11-18(12-10-17)13-15-5-3-2-4-6-15/h2-7H,8-13H2,1H3,(H,19,20). The molecule has 0 bridgehead atoms. The van der Waals surface area contributed by atoms with Crippen LogP contribution in [0.3, 0.4) is 0 Å². The first-order valence-electron chi connectivity index (χ1n) is 7.04. The van der Waals surface area contributed by atoms with Gasteiger partial charge in [0, 0.05) is 44.8 Å². The highest BCUT2D eigenvalue weighted by atomic mass is 16.4. The average Bonchev–Trinajstić information content (AvgIpc) is 2.47. The normalized spacial score (nSPS) is 18.1. The Morgan fingerprint density at radius 3 is 2.35 bits per heavy atom. The molecule has 1 aliphatic heterocycles. The van der Waals surface area contributed by atoms with E-state index in [2.05, 4.69) is 34.1 Å². The van der Waals surface area contributed by atoms with E-state index in [1.54, 1.807) is 13.0 Å². The van der Waals surface area contributed by atoms with E-state index in [-0.39, 0.29) is 0 Å². The van der Waals surface area contributed by atoms with Crippen LogP contribution in [0.5, 0.6) is 0 Å². The molecule has 1 aliphatic rings. The van der Waals surface area contributed by atoms with Crippen molar-refractivity contribution < 1.29 is 9.90 Å². The van der Waals surface area contributed by atoms with Crippen LogP contribution in [-0.4, -0.2) is 53.6 Å². The molecule has 4 nitrogen and oxygen atoms in total. The van der Waals surface area contributed by atoms with Gasteiger partial charge < -0.3 is 5.11 Å². The van der Waals surface area contributed by atoms with Crippen molar-refractivity contribution in [2.75, 3.05) is 32.7 Å². The smallest absolute Gasteiger partial charge is 0.330 e. The van der Waals surface area contributed by atoms with Gasteiger partial charge in [0.15, 0.2) is 0 Å². The van der Waals surface area contributed by atoms with Gasteiger partial charge in [-0.15, -0.1) is 0 Å². The first kappa shape index (κ1) is 14.8. The molecule has 0 spiro atoms. The van der Waals surface area contributed by atoms with Crippen molar-refractivity contribution in [2.45, 2.75) is 13.5 Å². The van der Waals surface area contributed by atoms with Gasteiger partial charge in [0.25, 0.3) is 0 Å². The average molecular weight is 274 g/mol. The zero-order valence-electron chi connectivity index (χ0n) is 12.0. The predicted octanol–water partition coefficient (Wildman–Crippen LogP) is 1.84. The number of hydrogen-bond donors (Lipinski definition) is 1. The number of carbonyl (C=O) groups is 1. The molecule has 20 heavy (non-hydrogen) atoms. The molecular weight excluding hydrogens is 252 g/mol. The molecule has 0 atom stereocenters. The summed E-state index contributed by atoms with van der Waals surface area (Å²) in [6.07, 6.45) is 1.80. The van der Waals surface area contributed by atoms with Gasteiger partial charge in [-0.3, -0.25) is 9.80 Å². The van der Waals surface area contributed by atoms with Crippen LogP contribution >= 0.6 is 0 Å². The lowest BCUT2D eigenvalue weighted by Crippen LogP contribution is -2.45. The van der Waals surface area contributed by atoms with Gasteiger partial charge in [-0.05, 0) is 12.5 Å². The first-order chi connectivity index (χ1) is 9.65. The molecule has 0 radical (unpaired) electrons. The fourth-order valence-electron chi connectivity index (χ4n) is 2.32. The van der Waals surface area contributed by atoms with Gasteiger partial charge in [0.1, 0.15) is 0 Å². The summed E-state index contributed by atoms with van der Waals surface area (Å²) >= 11 is 0. The summed E-state index contributed by atoms with van der Waals surface area (Å²) in [5.74, 6) is -0.826. The van der Waals surface area contributed by atoms with Crippen molar-refractivity contribution in [1.29, 1.82) is 0 Å². The molecule has 1 saturated heterocycles. The molecule has 1 aromatic carbocycles. The SMILES string of the molecule is CC(=CCN1CCN(Cc2ccccc2)CC1)C(=O)O. The van der Waals surface area contributed by atoms with Crippen molar-refractivity contribution in [3.8, 4) is 0 Å². The number of nitrogens with zero attached hydrogens (tertiary/aromatic N) is 2. The Bertz CT molecular complexity index is 463. The lowest BCUT2D eigenvalue weighted by atomic mass is 10.2. The van der Waals surface area contributed by atoms with E-state index >= 15 is 0 Å². The minimum absolute atomic E-state index is 0.428. The van der Waals surface area contributed by atoms with Gasteiger partial charge in [0.2, 0.25) is 0 Å². The van der Waals surface area contributed by atoms with Gasteiger partial charge in [-0.2, -0.15) is 0 Å². The van der Waals surface area contributed by atoms with Crippen molar-refractivity contribution in [3.05, 3.63) is 47.5 Å². The zero-order valence-corrected chi connectivity index (χ0v) is 12.0. The molecule has 0 aromatic heterocycles. The largest absolute Gasteiger partial charge is 0.478 e. The Kier molecular flexibility index (Phi) is 5.32. The third-order valence-electron chi connectivity index (χ3n) is 3.71. The van der Waals surface area contributed by atoms with E-state index in [0.29, 0.717) is 5.57 Å². The maximum Gasteiger partial charge on any atom is 0.330 e. The molecule has 0 saturated carbocycles. The zero-order chi connectivity index (χ0) is 14.4. The number of rotatable bonds is 5. The molecule has 1 fully saturated rings. The molecule has 1 heterocycles. The topological polar surface area (TPSA) is 43.8 Å². The molecule has 4 heteroatoms. The number of hydrogen-bond acceptors (Lipinski definition) is 3. The predicted molar refractivity (Wildman–Crippen MR) is 79.6 cm³/mol. The number of carboxylic acids is 1. The fourth-order valence-corrected chi connectivity index (χ4v) is 2.32. The minimum atomic E-state index is -0.826. The summed E-state index contributed by atoms with van der Waals surface area (Å²) in [6, 6.07) is 10.5. The van der Waals surface area contributed by atoms with E-state index in [1.165, 1.54) is 5.56 Å². The van der Waals surface area contributed by atoms with E-state index in [0.717, 1.165) is 39.3 Å². The Balaban J connectivity index is 1.75. The second-order valence-electron chi connectivity index (χ2n) is 5.25. The summed E-state index contributed by atoms with van der Waals surface area (Å²) in [7, 11) is 0. The van der Waals surface area contributed by atoms with Crippen LogP contribution in [0.4, 0.5) is 0 Å². The minimum Gasteiger partial charge on any atom is -0.478 e. The third kappa shape index (κ3) is 4.47. The van der Waals surface area contributed by atoms with Crippen LogP contribution < -0.4 is 0 Å². The Labute approximate surface area is 120 Å². The summed E-state index contributed by atoms with van der Waals surface area (Å²) in [5.41, 5.74) is 1.78. The van der Waals surface area contributed by atoms with Crippen LogP contribution in [0, 0.1) is 0 Å². The van der Waals surface area contributed by atoms with Crippen molar-refractivity contribution in [3.63, 3.8) is 0 Å². The molecule has 1 aromatic rings. The third-order valence-corrected chi connectivity index (χ3v) is 3.71. The lowest BCUT2D eigenvalue weighted by Gasteiger charge is -2.34. The van der Waals surface area contributed by atoms with Crippen LogP contribution in [0.15, 0.2) is 42.0 Å². The number of benzene rings is 1. The summed E-state index contributed by atoms with van der Waals surface area (Å²) in [6.45, 7) is 7.44. The van der Waals surface area contributed by atoms with Crippen molar-refractivity contribution in [1.82, 2.24) is 9.80 Å². The highest BCUT2D eigenvalue weighted by molar-refractivity contribution is 5.85. The van der Waals surface area contributed by atoms with Crippen molar-refractivity contribution >= 4 is 5.97 Å². The van der Waals surface area contributed by atoms with E-state index < -0.39 is 5.97 Å². The molecule has 2 rings (SSSR count). The van der Waals surface area contributed by atoms with Crippen LogP contribution in [-0.2, 0) is 11.3 Å². The number of carboxylic acid groups (broad SMARTS) is 1. The van der Waals surface area contributed by atoms with Gasteiger partial charge >= 0.3 is 5.97 Å². The number of aliphatic carboxylic acids is 1. The summed E-state index contributed by atoms with van der Waals surface area (Å²) < 4.78 is 0. The molecule has 0 amide bonds. The monoisotopic (exact) mass is 274 g/mol. The van der Waals surface area contributed by atoms with E-state index in [4.69, 9.17) is 5.11 Å². The second-order valence-corrected chi connectivity index (χ2v) is 5.25. The Morgan fingerprint density at radius 2 is 1.75 bits per heavy atom. The molecule has 0 aliphatic carbocycles. The fraction of sp³-hybridized carbons (Fsp3) is 0.438. The quantitative estimate of drug-likeness (QED) is 0.832. The van der Waals surface area contributed by atoms with Gasteiger partial charge in [0.05, 0.1) is 0 Å². The molecule has 1 N–H and O–H groups in total. The first-order valence-corrected chi connectivity index (χ1v) is 7.04. The second kappa shape index (κ2) is 7.22. The molecule has 0 unspecified atom stereocenters. The summed E-state index contributed by atoms with van der Waals surface area (Å²) in [4.78, 5) is 15.5. The van der Waals surface area contributed by atoms with Crippen LogP contribution in [0.25, 0.3) is 0 Å². The Hall–Kier alpha value is -1.65. The maximum absolute atomic E-state index is 10.7. The van der Waals surface area contributed by atoms with Crippen LogP contribution in [0.2, 0.25) is 0 Å². The Morgan fingerprint density at radius 1 is 1.15 bits per heavy atom. The lowest BCUT2D eigenvalue weighted by molar-refractivity contribution is -0.132. The summed E-state index contributed by atoms with van der Waals surface area (Å²) in [5, 5.41) is 8.82. The van der Waals surface area contributed by atoms with E-state index in [1.807, 2.05) is 6.07 Å². The highest BCUT2D eigenvalue weighted by Crippen LogP contribution is 2.08. The van der Waals surface area contributed by atoms with Gasteiger partial charge in [-0.1, -0.05) is 36.4 Å². The molecular formula is C16H22N2O2. The highest BCUT2D eigenvalue weighted by Gasteiger charge is 2.16. The van der Waals surface area contributed by atoms with E-state index in [9.17, 15) is 4.79 Å². The number of piperazine rings is 1. The van der Waals surface area contributed by atoms with Gasteiger partial charge in [-0.25, -0.2) is 4.79 Å². The van der Waals surface area contributed by atoms with Crippen molar-refractivity contribution in [2.24, 2.45) is 0 Å². The van der Waals surface area contributed by atoms with Crippen LogP contribution in [0.1, 0.15) is 12.5 Å². The maximum atomic E-state index is 10.7. The molecule has 108 valence electrons.